The average Bonchev–Trinajstić information content (AvgIpc) is 1.80. The SMILES string of the molecule is C=CN/C(=C\N)C(C)(C)C. The van der Waals surface area contributed by atoms with Crippen LogP contribution in [0.15, 0.2) is 24.7 Å². The molecule has 0 aromatic rings. The monoisotopic (exact) mass is 140 g/mol. The molecule has 3 N–H and O–H groups in total. The topological polar surface area (TPSA) is 38.0 Å². The fraction of sp³-hybridized carbons (Fsp3) is 0.500. The van der Waals surface area contributed by atoms with Gasteiger partial charge in [-0.05, 0) is 6.20 Å². The van der Waals surface area contributed by atoms with Crippen molar-refractivity contribution in [1.29, 1.82) is 0 Å². The third-order valence-electron chi connectivity index (χ3n) is 1.23. The fourth-order valence-electron chi connectivity index (χ4n) is 0.625. The van der Waals surface area contributed by atoms with Crippen molar-refractivity contribution in [3.05, 3.63) is 24.7 Å². The molecule has 0 fully saturated rings. The van der Waals surface area contributed by atoms with E-state index in [1.807, 2.05) is 0 Å². The molecule has 2 nitrogen and oxygen atoms in total. The molecule has 0 radical (unpaired) electrons. The lowest BCUT2D eigenvalue weighted by Gasteiger charge is -2.21. The van der Waals surface area contributed by atoms with Crippen LogP contribution in [-0.4, -0.2) is 0 Å². The molecule has 0 saturated heterocycles. The van der Waals surface area contributed by atoms with E-state index in [1.165, 1.54) is 0 Å². The summed E-state index contributed by atoms with van der Waals surface area (Å²) >= 11 is 0. The van der Waals surface area contributed by atoms with Gasteiger partial charge in [0.15, 0.2) is 0 Å². The summed E-state index contributed by atoms with van der Waals surface area (Å²) in [5.74, 6) is 0. The molecule has 0 amide bonds. The van der Waals surface area contributed by atoms with Crippen molar-refractivity contribution in [3.8, 4) is 0 Å². The van der Waals surface area contributed by atoms with Gasteiger partial charge < -0.3 is 11.1 Å². The highest BCUT2D eigenvalue weighted by atomic mass is 14.9. The van der Waals surface area contributed by atoms with Gasteiger partial charge in [0.25, 0.3) is 0 Å². The second-order valence-electron chi connectivity index (χ2n) is 3.18. The van der Waals surface area contributed by atoms with E-state index < -0.39 is 0 Å². The third kappa shape index (κ3) is 2.58. The molecule has 0 aliphatic carbocycles. The Hall–Kier alpha value is -0.920. The van der Waals surface area contributed by atoms with Gasteiger partial charge in [-0.25, -0.2) is 0 Å². The van der Waals surface area contributed by atoms with Crippen LogP contribution in [-0.2, 0) is 0 Å². The number of hydrogen-bond donors (Lipinski definition) is 2. The smallest absolute Gasteiger partial charge is 0.0358 e. The number of nitrogens with two attached hydrogens (primary N) is 1. The first-order valence-corrected chi connectivity index (χ1v) is 3.32. The molecular formula is C8H16N2. The van der Waals surface area contributed by atoms with E-state index in [0.717, 1.165) is 5.70 Å². The Bertz CT molecular complexity index is 140. The number of allylic oxidation sites excluding steroid dienone is 1. The van der Waals surface area contributed by atoms with Gasteiger partial charge in [-0.1, -0.05) is 27.4 Å². The molecule has 0 rings (SSSR count). The van der Waals surface area contributed by atoms with Gasteiger partial charge in [-0.15, -0.1) is 0 Å². The Kier molecular flexibility index (Phi) is 3.00. The average molecular weight is 140 g/mol. The molecule has 0 aromatic carbocycles. The van der Waals surface area contributed by atoms with E-state index >= 15 is 0 Å². The lowest BCUT2D eigenvalue weighted by molar-refractivity contribution is 0.477. The second kappa shape index (κ2) is 3.30. The van der Waals surface area contributed by atoms with Gasteiger partial charge in [0, 0.05) is 17.3 Å². The van der Waals surface area contributed by atoms with Gasteiger partial charge in [-0.3, -0.25) is 0 Å². The lowest BCUT2D eigenvalue weighted by atomic mass is 9.92. The van der Waals surface area contributed by atoms with E-state index in [4.69, 9.17) is 5.73 Å². The first-order valence-electron chi connectivity index (χ1n) is 3.32. The van der Waals surface area contributed by atoms with Gasteiger partial charge in [-0.2, -0.15) is 0 Å². The summed E-state index contributed by atoms with van der Waals surface area (Å²) in [5, 5.41) is 2.97. The van der Waals surface area contributed by atoms with Crippen molar-refractivity contribution in [1.82, 2.24) is 5.32 Å². The molecule has 0 bridgehead atoms. The highest BCUT2D eigenvalue weighted by Gasteiger charge is 2.14. The van der Waals surface area contributed by atoms with Crippen LogP contribution in [0.5, 0.6) is 0 Å². The van der Waals surface area contributed by atoms with Crippen LogP contribution in [0.4, 0.5) is 0 Å². The molecule has 0 unspecified atom stereocenters. The predicted octanol–water partition coefficient (Wildman–Crippen LogP) is 1.57. The minimum atomic E-state index is 0.0724. The van der Waals surface area contributed by atoms with Gasteiger partial charge in [0.2, 0.25) is 0 Å². The molecule has 0 aliphatic rings. The van der Waals surface area contributed by atoms with Crippen LogP contribution in [0.2, 0.25) is 0 Å². The Labute approximate surface area is 62.8 Å². The maximum absolute atomic E-state index is 5.37. The molecular weight excluding hydrogens is 124 g/mol. The zero-order valence-corrected chi connectivity index (χ0v) is 6.94. The van der Waals surface area contributed by atoms with Gasteiger partial charge in [0.05, 0.1) is 0 Å². The summed E-state index contributed by atoms with van der Waals surface area (Å²) in [5.41, 5.74) is 6.43. The molecule has 10 heavy (non-hydrogen) atoms. The highest BCUT2D eigenvalue weighted by Crippen LogP contribution is 2.21. The summed E-state index contributed by atoms with van der Waals surface area (Å²) in [4.78, 5) is 0. The molecule has 58 valence electrons. The molecule has 0 heterocycles. The van der Waals surface area contributed by atoms with Crippen LogP contribution in [0, 0.1) is 5.41 Å². The fourth-order valence-corrected chi connectivity index (χ4v) is 0.625. The predicted molar refractivity (Wildman–Crippen MR) is 45.1 cm³/mol. The Morgan fingerprint density at radius 3 is 2.10 bits per heavy atom. The molecule has 0 aromatic heterocycles. The summed E-state index contributed by atoms with van der Waals surface area (Å²) in [6, 6.07) is 0. The van der Waals surface area contributed by atoms with Crippen LogP contribution < -0.4 is 11.1 Å². The zero-order chi connectivity index (χ0) is 8.20. The highest BCUT2D eigenvalue weighted by molar-refractivity contribution is 5.08. The van der Waals surface area contributed by atoms with E-state index in [0.29, 0.717) is 0 Å². The Morgan fingerprint density at radius 2 is 2.00 bits per heavy atom. The van der Waals surface area contributed by atoms with E-state index in [2.05, 4.69) is 32.7 Å². The third-order valence-corrected chi connectivity index (χ3v) is 1.23. The molecule has 2 heteroatoms. The van der Waals surface area contributed by atoms with E-state index in [-0.39, 0.29) is 5.41 Å². The summed E-state index contributed by atoms with van der Waals surface area (Å²) < 4.78 is 0. The van der Waals surface area contributed by atoms with Crippen LogP contribution in [0.1, 0.15) is 20.8 Å². The standard InChI is InChI=1S/C8H16N2/c1-5-10-7(6-9)8(2,3)4/h5-6,10H,1,9H2,2-4H3/b7-6-. The largest absolute Gasteiger partial charge is 0.403 e. The van der Waals surface area contributed by atoms with E-state index in [9.17, 15) is 0 Å². The van der Waals surface area contributed by atoms with Crippen LogP contribution in [0.3, 0.4) is 0 Å². The van der Waals surface area contributed by atoms with Crippen molar-refractivity contribution in [2.24, 2.45) is 11.1 Å². The van der Waals surface area contributed by atoms with Crippen molar-refractivity contribution >= 4 is 0 Å². The van der Waals surface area contributed by atoms with Crippen molar-refractivity contribution in [2.45, 2.75) is 20.8 Å². The van der Waals surface area contributed by atoms with Crippen molar-refractivity contribution in [2.75, 3.05) is 0 Å². The molecule has 0 atom stereocenters. The minimum absolute atomic E-state index is 0.0724. The van der Waals surface area contributed by atoms with Crippen LogP contribution >= 0.6 is 0 Å². The Balaban J connectivity index is 4.23. The number of nitrogens with one attached hydrogen (secondary N) is 1. The minimum Gasteiger partial charge on any atom is -0.403 e. The number of hydrogen-bond acceptors (Lipinski definition) is 2. The summed E-state index contributed by atoms with van der Waals surface area (Å²) in [7, 11) is 0. The quantitative estimate of drug-likeness (QED) is 0.611. The van der Waals surface area contributed by atoms with Crippen molar-refractivity contribution < 1.29 is 0 Å². The zero-order valence-electron chi connectivity index (χ0n) is 6.94. The summed E-state index contributed by atoms with van der Waals surface area (Å²) in [6.45, 7) is 9.81. The maximum atomic E-state index is 5.37. The maximum Gasteiger partial charge on any atom is 0.0358 e. The van der Waals surface area contributed by atoms with Gasteiger partial charge >= 0.3 is 0 Å². The normalized spacial score (nSPS) is 12.9. The molecule has 0 aliphatic heterocycles. The van der Waals surface area contributed by atoms with E-state index in [1.54, 1.807) is 12.4 Å². The molecule has 0 spiro atoms. The van der Waals surface area contributed by atoms with Gasteiger partial charge in [0.1, 0.15) is 0 Å². The number of rotatable bonds is 2. The van der Waals surface area contributed by atoms with Crippen LogP contribution in [0.25, 0.3) is 0 Å². The van der Waals surface area contributed by atoms with Crippen molar-refractivity contribution in [3.63, 3.8) is 0 Å². The first-order chi connectivity index (χ1) is 4.52. The molecule has 0 saturated carbocycles. The lowest BCUT2D eigenvalue weighted by Crippen LogP contribution is -2.21. The Morgan fingerprint density at radius 1 is 1.50 bits per heavy atom. The summed E-state index contributed by atoms with van der Waals surface area (Å²) in [6.07, 6.45) is 3.20. The first kappa shape index (κ1) is 9.08. The second-order valence-corrected chi connectivity index (χ2v) is 3.18.